The van der Waals surface area contributed by atoms with Crippen molar-refractivity contribution in [1.82, 2.24) is 0 Å². The fourth-order valence-electron chi connectivity index (χ4n) is 1.28. The molecule has 0 saturated heterocycles. The maximum Gasteiger partial charge on any atom is 0.0991 e. The standard InChI is InChI=1S/C13H7BrClNS/c14-10-3-6-13(12(15)7-10)17-11-4-1-9(8-16)2-5-11/h1-7H. The number of hydrogen-bond donors (Lipinski definition) is 0. The van der Waals surface area contributed by atoms with Gasteiger partial charge in [-0.15, -0.1) is 0 Å². The largest absolute Gasteiger partial charge is 0.192 e. The van der Waals surface area contributed by atoms with Crippen molar-refractivity contribution in [3.8, 4) is 6.07 Å². The first-order valence-corrected chi connectivity index (χ1v) is 6.81. The predicted octanol–water partition coefficient (Wildman–Crippen LogP) is 5.13. The molecule has 0 radical (unpaired) electrons. The van der Waals surface area contributed by atoms with Crippen LogP contribution in [0.5, 0.6) is 0 Å². The third-order valence-corrected chi connectivity index (χ3v) is 4.11. The summed E-state index contributed by atoms with van der Waals surface area (Å²) in [5.41, 5.74) is 0.663. The van der Waals surface area contributed by atoms with Gasteiger partial charge in [0.2, 0.25) is 0 Å². The Kier molecular flexibility index (Phi) is 4.11. The third kappa shape index (κ3) is 3.26. The van der Waals surface area contributed by atoms with Crippen LogP contribution in [0, 0.1) is 11.3 Å². The van der Waals surface area contributed by atoms with E-state index in [1.165, 1.54) is 0 Å². The van der Waals surface area contributed by atoms with Gasteiger partial charge in [0.15, 0.2) is 0 Å². The van der Waals surface area contributed by atoms with Crippen LogP contribution in [-0.4, -0.2) is 0 Å². The third-order valence-electron chi connectivity index (χ3n) is 2.11. The van der Waals surface area contributed by atoms with E-state index < -0.39 is 0 Å². The first-order chi connectivity index (χ1) is 8.19. The Bertz CT molecular complexity index is 575. The second-order valence-corrected chi connectivity index (χ2v) is 5.75. The van der Waals surface area contributed by atoms with Gasteiger partial charge in [0.1, 0.15) is 0 Å². The van der Waals surface area contributed by atoms with Crippen molar-refractivity contribution in [2.75, 3.05) is 0 Å². The molecule has 0 spiro atoms. The predicted molar refractivity (Wildman–Crippen MR) is 74.4 cm³/mol. The number of nitriles is 1. The molecular weight excluding hydrogens is 318 g/mol. The number of rotatable bonds is 2. The van der Waals surface area contributed by atoms with Gasteiger partial charge in [0.25, 0.3) is 0 Å². The molecule has 2 rings (SSSR count). The Morgan fingerprint density at radius 3 is 2.41 bits per heavy atom. The summed E-state index contributed by atoms with van der Waals surface area (Å²) in [6.45, 7) is 0. The van der Waals surface area contributed by atoms with Crippen molar-refractivity contribution in [3.05, 3.63) is 57.5 Å². The fourth-order valence-corrected chi connectivity index (χ4v) is 2.89. The zero-order chi connectivity index (χ0) is 12.3. The molecule has 0 aliphatic carbocycles. The molecule has 0 heterocycles. The summed E-state index contributed by atoms with van der Waals surface area (Å²) in [6, 6.07) is 15.3. The summed E-state index contributed by atoms with van der Waals surface area (Å²) in [5.74, 6) is 0. The maximum absolute atomic E-state index is 8.71. The Morgan fingerprint density at radius 1 is 1.12 bits per heavy atom. The summed E-state index contributed by atoms with van der Waals surface area (Å²) < 4.78 is 0.965. The molecule has 17 heavy (non-hydrogen) atoms. The van der Waals surface area contributed by atoms with Crippen LogP contribution in [0.25, 0.3) is 0 Å². The SMILES string of the molecule is N#Cc1ccc(Sc2ccc(Br)cc2Cl)cc1. The second kappa shape index (κ2) is 5.59. The van der Waals surface area contributed by atoms with E-state index >= 15 is 0 Å². The summed E-state index contributed by atoms with van der Waals surface area (Å²) in [6.07, 6.45) is 0. The molecule has 2 aromatic rings. The summed E-state index contributed by atoms with van der Waals surface area (Å²) in [5, 5.41) is 9.43. The average Bonchev–Trinajstić information content (AvgIpc) is 2.34. The zero-order valence-electron chi connectivity index (χ0n) is 8.65. The summed E-state index contributed by atoms with van der Waals surface area (Å²) in [7, 11) is 0. The van der Waals surface area contributed by atoms with Crippen LogP contribution in [-0.2, 0) is 0 Å². The van der Waals surface area contributed by atoms with E-state index in [4.69, 9.17) is 16.9 Å². The van der Waals surface area contributed by atoms with Gasteiger partial charge >= 0.3 is 0 Å². The van der Waals surface area contributed by atoms with Gasteiger partial charge in [-0.1, -0.05) is 39.3 Å². The van der Waals surface area contributed by atoms with Crippen molar-refractivity contribution in [1.29, 1.82) is 5.26 Å². The van der Waals surface area contributed by atoms with E-state index in [1.807, 2.05) is 30.3 Å². The molecular formula is C13H7BrClNS. The first kappa shape index (κ1) is 12.5. The number of benzene rings is 2. The van der Waals surface area contributed by atoms with Gasteiger partial charge in [0, 0.05) is 14.3 Å². The van der Waals surface area contributed by atoms with Crippen LogP contribution in [0.4, 0.5) is 0 Å². The van der Waals surface area contributed by atoms with E-state index in [9.17, 15) is 0 Å². The highest BCUT2D eigenvalue weighted by Gasteiger charge is 2.03. The molecule has 1 nitrogen and oxygen atoms in total. The van der Waals surface area contributed by atoms with Crippen LogP contribution in [0.3, 0.4) is 0 Å². The van der Waals surface area contributed by atoms with Crippen LogP contribution in [0.1, 0.15) is 5.56 Å². The minimum atomic E-state index is 0.663. The van der Waals surface area contributed by atoms with E-state index in [0.717, 1.165) is 14.3 Å². The lowest BCUT2D eigenvalue weighted by Gasteiger charge is -2.04. The quantitative estimate of drug-likeness (QED) is 0.765. The monoisotopic (exact) mass is 323 g/mol. The van der Waals surface area contributed by atoms with E-state index in [0.29, 0.717) is 10.6 Å². The number of hydrogen-bond acceptors (Lipinski definition) is 2. The highest BCUT2D eigenvalue weighted by atomic mass is 79.9. The molecule has 0 aliphatic heterocycles. The van der Waals surface area contributed by atoms with Gasteiger partial charge in [-0.3, -0.25) is 0 Å². The van der Waals surface area contributed by atoms with Gasteiger partial charge < -0.3 is 0 Å². The lowest BCUT2D eigenvalue weighted by molar-refractivity contribution is 1.38. The Morgan fingerprint density at radius 2 is 1.82 bits per heavy atom. The van der Waals surface area contributed by atoms with Crippen LogP contribution >= 0.6 is 39.3 Å². The Hall–Kier alpha value is -0.950. The van der Waals surface area contributed by atoms with Crippen molar-refractivity contribution in [2.24, 2.45) is 0 Å². The molecule has 0 unspecified atom stereocenters. The molecule has 0 amide bonds. The summed E-state index contributed by atoms with van der Waals surface area (Å²) in [4.78, 5) is 2.06. The molecule has 4 heteroatoms. The van der Waals surface area contributed by atoms with Crippen LogP contribution < -0.4 is 0 Å². The molecule has 0 aliphatic rings. The van der Waals surface area contributed by atoms with E-state index in [1.54, 1.807) is 23.9 Å². The smallest absolute Gasteiger partial charge is 0.0991 e. The van der Waals surface area contributed by atoms with Gasteiger partial charge in [-0.05, 0) is 42.5 Å². The van der Waals surface area contributed by atoms with Gasteiger partial charge in [0.05, 0.1) is 16.7 Å². The van der Waals surface area contributed by atoms with Crippen molar-refractivity contribution < 1.29 is 0 Å². The fraction of sp³-hybridized carbons (Fsp3) is 0. The minimum Gasteiger partial charge on any atom is -0.192 e. The number of halogens is 2. The molecule has 0 aromatic heterocycles. The topological polar surface area (TPSA) is 23.8 Å². The molecule has 0 atom stereocenters. The molecule has 0 fully saturated rings. The highest BCUT2D eigenvalue weighted by molar-refractivity contribution is 9.10. The van der Waals surface area contributed by atoms with Crippen LogP contribution in [0.15, 0.2) is 56.7 Å². The van der Waals surface area contributed by atoms with Gasteiger partial charge in [-0.25, -0.2) is 0 Å². The average molecular weight is 325 g/mol. The van der Waals surface area contributed by atoms with Crippen molar-refractivity contribution in [3.63, 3.8) is 0 Å². The highest BCUT2D eigenvalue weighted by Crippen LogP contribution is 2.34. The van der Waals surface area contributed by atoms with Crippen molar-refractivity contribution >= 4 is 39.3 Å². The lowest BCUT2D eigenvalue weighted by atomic mass is 10.2. The lowest BCUT2D eigenvalue weighted by Crippen LogP contribution is -1.77. The molecule has 2 aromatic carbocycles. The van der Waals surface area contributed by atoms with E-state index in [-0.39, 0.29) is 0 Å². The molecule has 0 saturated carbocycles. The molecule has 84 valence electrons. The van der Waals surface area contributed by atoms with Gasteiger partial charge in [-0.2, -0.15) is 5.26 Å². The zero-order valence-corrected chi connectivity index (χ0v) is 11.8. The number of nitrogens with zero attached hydrogens (tertiary/aromatic N) is 1. The Balaban J connectivity index is 2.23. The second-order valence-electron chi connectivity index (χ2n) is 3.31. The normalized spacial score (nSPS) is 9.94. The van der Waals surface area contributed by atoms with Crippen molar-refractivity contribution in [2.45, 2.75) is 9.79 Å². The Labute approximate surface area is 118 Å². The minimum absolute atomic E-state index is 0.663. The molecule has 0 N–H and O–H groups in total. The van der Waals surface area contributed by atoms with E-state index in [2.05, 4.69) is 22.0 Å². The molecule has 0 bridgehead atoms. The van der Waals surface area contributed by atoms with Crippen LogP contribution in [0.2, 0.25) is 5.02 Å². The first-order valence-electron chi connectivity index (χ1n) is 4.82. The summed E-state index contributed by atoms with van der Waals surface area (Å²) >= 11 is 11.1. The maximum atomic E-state index is 8.71.